The summed E-state index contributed by atoms with van der Waals surface area (Å²) in [6.45, 7) is 5.62. The van der Waals surface area contributed by atoms with E-state index in [0.29, 0.717) is 5.69 Å². The second-order valence-corrected chi connectivity index (χ2v) is 5.30. The maximum Gasteiger partial charge on any atom is 0.328 e. The normalized spacial score (nSPS) is 12.9. The molecule has 0 fully saturated rings. The van der Waals surface area contributed by atoms with Crippen LogP contribution in [0.3, 0.4) is 0 Å². The highest BCUT2D eigenvalue weighted by Crippen LogP contribution is 2.20. The summed E-state index contributed by atoms with van der Waals surface area (Å²) in [6.07, 6.45) is 1.78. The van der Waals surface area contributed by atoms with Crippen LogP contribution >= 0.6 is 0 Å². The van der Waals surface area contributed by atoms with E-state index in [2.05, 4.69) is 5.32 Å². The molecule has 1 aromatic heterocycles. The van der Waals surface area contributed by atoms with Crippen LogP contribution in [0.25, 0.3) is 0 Å². The zero-order valence-corrected chi connectivity index (χ0v) is 11.5. The van der Waals surface area contributed by atoms with Gasteiger partial charge in [0, 0.05) is 13.2 Å². The number of rotatable bonds is 3. The lowest BCUT2D eigenvalue weighted by Crippen LogP contribution is -2.49. The molecule has 1 heterocycles. The predicted octanol–water partition coefficient (Wildman–Crippen LogP) is 1.34. The molecule has 0 bridgehead atoms. The molecule has 0 aliphatic carbocycles. The van der Waals surface area contributed by atoms with E-state index < -0.39 is 17.4 Å². The Hall–Kier alpha value is -1.78. The molecular weight excluding hydrogens is 232 g/mol. The summed E-state index contributed by atoms with van der Waals surface area (Å²) < 4.78 is 6.43. The second kappa shape index (κ2) is 5.25. The predicted molar refractivity (Wildman–Crippen MR) is 68.1 cm³/mol. The maximum atomic E-state index is 12.1. The molecule has 18 heavy (non-hydrogen) atoms. The third-order valence-corrected chi connectivity index (χ3v) is 2.75. The number of esters is 1. The van der Waals surface area contributed by atoms with Gasteiger partial charge in [-0.25, -0.2) is 4.79 Å². The molecule has 100 valence electrons. The van der Waals surface area contributed by atoms with E-state index in [-0.39, 0.29) is 5.91 Å². The van der Waals surface area contributed by atoms with Crippen LogP contribution in [0, 0.1) is 5.41 Å². The van der Waals surface area contributed by atoms with Gasteiger partial charge in [0.1, 0.15) is 11.7 Å². The number of aryl methyl sites for hydroxylation is 1. The van der Waals surface area contributed by atoms with E-state index in [1.54, 1.807) is 29.9 Å². The molecule has 0 aliphatic heterocycles. The van der Waals surface area contributed by atoms with E-state index in [4.69, 9.17) is 4.74 Å². The van der Waals surface area contributed by atoms with Crippen LogP contribution in [-0.4, -0.2) is 29.6 Å². The van der Waals surface area contributed by atoms with Crippen molar-refractivity contribution in [2.75, 3.05) is 7.11 Å². The monoisotopic (exact) mass is 252 g/mol. The summed E-state index contributed by atoms with van der Waals surface area (Å²) in [5, 5.41) is 2.72. The first-order valence-corrected chi connectivity index (χ1v) is 5.77. The van der Waals surface area contributed by atoms with Crippen molar-refractivity contribution >= 4 is 11.9 Å². The number of amides is 1. The van der Waals surface area contributed by atoms with Crippen molar-refractivity contribution in [2.24, 2.45) is 12.5 Å². The van der Waals surface area contributed by atoms with Gasteiger partial charge < -0.3 is 14.6 Å². The average molecular weight is 252 g/mol. The number of ether oxygens (including phenoxy) is 1. The molecule has 0 radical (unpaired) electrons. The Bertz CT molecular complexity index is 443. The number of nitrogens with one attached hydrogen (secondary N) is 1. The fourth-order valence-electron chi connectivity index (χ4n) is 1.65. The van der Waals surface area contributed by atoms with Gasteiger partial charge in [0.25, 0.3) is 5.91 Å². The van der Waals surface area contributed by atoms with E-state index in [9.17, 15) is 9.59 Å². The van der Waals surface area contributed by atoms with Crippen LogP contribution in [0.2, 0.25) is 0 Å². The SMILES string of the molecule is COC(=O)[C@@H](NC(=O)c1cccn1C)C(C)(C)C. The topological polar surface area (TPSA) is 60.3 Å². The Morgan fingerprint density at radius 1 is 1.39 bits per heavy atom. The molecule has 5 nitrogen and oxygen atoms in total. The molecule has 0 unspecified atom stereocenters. The van der Waals surface area contributed by atoms with Crippen molar-refractivity contribution in [3.05, 3.63) is 24.0 Å². The number of aromatic nitrogens is 1. The Morgan fingerprint density at radius 3 is 2.39 bits per heavy atom. The van der Waals surface area contributed by atoms with Gasteiger partial charge in [-0.1, -0.05) is 20.8 Å². The molecule has 0 saturated heterocycles. The number of carbonyl (C=O) groups excluding carboxylic acids is 2. The number of nitrogens with zero attached hydrogens (tertiary/aromatic N) is 1. The molecule has 1 N–H and O–H groups in total. The first-order valence-electron chi connectivity index (χ1n) is 5.77. The number of hydrogen-bond donors (Lipinski definition) is 1. The van der Waals surface area contributed by atoms with Gasteiger partial charge in [0.05, 0.1) is 7.11 Å². The van der Waals surface area contributed by atoms with Gasteiger partial charge in [-0.15, -0.1) is 0 Å². The summed E-state index contributed by atoms with van der Waals surface area (Å²) >= 11 is 0. The smallest absolute Gasteiger partial charge is 0.328 e. The Kier molecular flexibility index (Phi) is 4.16. The van der Waals surface area contributed by atoms with Crippen LogP contribution in [0.5, 0.6) is 0 Å². The van der Waals surface area contributed by atoms with Gasteiger partial charge in [0.2, 0.25) is 0 Å². The largest absolute Gasteiger partial charge is 0.467 e. The van der Waals surface area contributed by atoms with Crippen molar-refractivity contribution < 1.29 is 14.3 Å². The van der Waals surface area contributed by atoms with Gasteiger partial charge in [-0.2, -0.15) is 0 Å². The number of hydrogen-bond acceptors (Lipinski definition) is 3. The molecule has 5 heteroatoms. The Balaban J connectivity index is 2.89. The molecule has 1 aromatic rings. The molecule has 0 aliphatic rings. The summed E-state index contributed by atoms with van der Waals surface area (Å²) in [5.74, 6) is -0.724. The molecule has 0 saturated carbocycles. The highest BCUT2D eigenvalue weighted by molar-refractivity contribution is 5.95. The van der Waals surface area contributed by atoms with Crippen molar-refractivity contribution in [1.82, 2.24) is 9.88 Å². The van der Waals surface area contributed by atoms with Crippen molar-refractivity contribution in [1.29, 1.82) is 0 Å². The van der Waals surface area contributed by atoms with Crippen molar-refractivity contribution in [3.63, 3.8) is 0 Å². The Morgan fingerprint density at radius 2 is 2.00 bits per heavy atom. The third kappa shape index (κ3) is 3.12. The van der Waals surface area contributed by atoms with E-state index >= 15 is 0 Å². The van der Waals surface area contributed by atoms with Crippen LogP contribution in [-0.2, 0) is 16.6 Å². The summed E-state index contributed by atoms with van der Waals surface area (Å²) in [5.41, 5.74) is 0.0987. The fourth-order valence-corrected chi connectivity index (χ4v) is 1.65. The third-order valence-electron chi connectivity index (χ3n) is 2.75. The molecular formula is C13H20N2O3. The van der Waals surface area contributed by atoms with Crippen LogP contribution in [0.1, 0.15) is 31.3 Å². The zero-order valence-electron chi connectivity index (χ0n) is 11.5. The van der Waals surface area contributed by atoms with Gasteiger partial charge in [-0.3, -0.25) is 4.79 Å². The van der Waals surface area contributed by atoms with E-state index in [0.717, 1.165) is 0 Å². The fraction of sp³-hybridized carbons (Fsp3) is 0.538. The highest BCUT2D eigenvalue weighted by Gasteiger charge is 2.34. The lowest BCUT2D eigenvalue weighted by molar-refractivity contribution is -0.145. The lowest BCUT2D eigenvalue weighted by atomic mass is 9.86. The quantitative estimate of drug-likeness (QED) is 0.826. The first kappa shape index (κ1) is 14.3. The summed E-state index contributed by atoms with van der Waals surface area (Å²) in [7, 11) is 3.09. The first-order chi connectivity index (χ1) is 8.27. The minimum Gasteiger partial charge on any atom is -0.467 e. The molecule has 0 spiro atoms. The van der Waals surface area contributed by atoms with Gasteiger partial charge in [-0.05, 0) is 17.5 Å². The Labute approximate surface area is 107 Å². The maximum absolute atomic E-state index is 12.1. The standard InChI is InChI=1S/C13H20N2O3/c1-13(2,3)10(12(17)18-5)14-11(16)9-7-6-8-15(9)4/h6-8,10H,1-5H3,(H,14,16)/t10-/m1/s1. The number of methoxy groups -OCH3 is 1. The average Bonchev–Trinajstić information content (AvgIpc) is 2.69. The van der Waals surface area contributed by atoms with Crippen LogP contribution < -0.4 is 5.32 Å². The summed E-state index contributed by atoms with van der Waals surface area (Å²) in [4.78, 5) is 23.8. The van der Waals surface area contributed by atoms with Crippen molar-refractivity contribution in [2.45, 2.75) is 26.8 Å². The zero-order chi connectivity index (χ0) is 13.9. The van der Waals surface area contributed by atoms with Crippen LogP contribution in [0.4, 0.5) is 0 Å². The minimum absolute atomic E-state index is 0.284. The van der Waals surface area contributed by atoms with E-state index in [1.807, 2.05) is 20.8 Å². The van der Waals surface area contributed by atoms with Gasteiger partial charge >= 0.3 is 5.97 Å². The number of carbonyl (C=O) groups is 2. The van der Waals surface area contributed by atoms with Crippen molar-refractivity contribution in [3.8, 4) is 0 Å². The highest BCUT2D eigenvalue weighted by atomic mass is 16.5. The molecule has 1 atom stereocenters. The lowest BCUT2D eigenvalue weighted by Gasteiger charge is -2.29. The second-order valence-electron chi connectivity index (χ2n) is 5.30. The van der Waals surface area contributed by atoms with Crippen LogP contribution in [0.15, 0.2) is 18.3 Å². The molecule has 1 amide bonds. The minimum atomic E-state index is -0.676. The van der Waals surface area contributed by atoms with E-state index in [1.165, 1.54) is 7.11 Å². The molecule has 1 rings (SSSR count). The summed E-state index contributed by atoms with van der Waals surface area (Å²) in [6, 6.07) is 2.80. The van der Waals surface area contributed by atoms with Gasteiger partial charge in [0.15, 0.2) is 0 Å². The molecule has 0 aromatic carbocycles.